The van der Waals surface area contributed by atoms with Crippen LogP contribution in [0.5, 0.6) is 5.75 Å². The van der Waals surface area contributed by atoms with Gasteiger partial charge in [0.05, 0.1) is 17.8 Å². The second-order valence-corrected chi connectivity index (χ2v) is 9.09. The van der Waals surface area contributed by atoms with Crippen LogP contribution in [0, 0.1) is 23.3 Å². The van der Waals surface area contributed by atoms with Crippen molar-refractivity contribution in [1.82, 2.24) is 4.90 Å². The van der Waals surface area contributed by atoms with Gasteiger partial charge in [-0.05, 0) is 45.4 Å². The Morgan fingerprint density at radius 2 is 1.57 bits per heavy atom. The van der Waals surface area contributed by atoms with Crippen molar-refractivity contribution in [2.45, 2.75) is 45.4 Å². The molecule has 0 aliphatic carbocycles. The number of likely N-dealkylation sites (tertiary alicyclic amines) is 1. The van der Waals surface area contributed by atoms with Crippen LogP contribution in [0.3, 0.4) is 0 Å². The Labute approximate surface area is 212 Å². The van der Waals surface area contributed by atoms with Gasteiger partial charge >= 0.3 is 0 Å². The molecule has 194 valence electrons. The van der Waals surface area contributed by atoms with Crippen molar-refractivity contribution in [3.8, 4) is 5.75 Å². The van der Waals surface area contributed by atoms with Gasteiger partial charge in [-0.3, -0.25) is 14.5 Å². The van der Waals surface area contributed by atoms with Gasteiger partial charge < -0.3 is 10.1 Å². The molecular formula is C28H26F4N2O3. The van der Waals surface area contributed by atoms with E-state index < -0.39 is 59.2 Å². The predicted molar refractivity (Wildman–Crippen MR) is 130 cm³/mol. The van der Waals surface area contributed by atoms with Crippen molar-refractivity contribution < 1.29 is 31.9 Å². The number of para-hydroxylation sites is 1. The van der Waals surface area contributed by atoms with Crippen LogP contribution in [0.25, 0.3) is 0 Å². The summed E-state index contributed by atoms with van der Waals surface area (Å²) in [5, 5.41) is 2.74. The molecule has 1 aliphatic rings. The van der Waals surface area contributed by atoms with Gasteiger partial charge in [0.2, 0.25) is 17.5 Å². The van der Waals surface area contributed by atoms with Crippen LogP contribution < -0.4 is 10.1 Å². The molecule has 1 N–H and O–H groups in total. The van der Waals surface area contributed by atoms with Crippen molar-refractivity contribution in [3.63, 3.8) is 0 Å². The molecule has 9 heteroatoms. The molecule has 1 heterocycles. The SMILES string of the molecule is CC(C)Oc1c(F)c(F)c(CN2CCC[C@H]2C(=O)Nc2ccccc2C(=O)c2ccccc2)c(F)c1F. The maximum atomic E-state index is 14.8. The standard InChI is InChI=1S/C28H26F4N2O3/c1-16(2)37-27-24(31)22(29)19(23(30)25(27)32)15-34-14-8-13-21(34)28(36)33-20-12-7-6-11-18(20)26(35)17-9-4-3-5-10-17/h3-7,9-12,16,21H,8,13-15H2,1-2H3,(H,33,36)/t21-/m0/s1. The van der Waals surface area contributed by atoms with Gasteiger partial charge in [-0.25, -0.2) is 8.78 Å². The summed E-state index contributed by atoms with van der Waals surface area (Å²) >= 11 is 0. The molecule has 0 unspecified atom stereocenters. The zero-order valence-corrected chi connectivity index (χ0v) is 20.4. The zero-order chi connectivity index (χ0) is 26.7. The number of nitrogens with one attached hydrogen (secondary N) is 1. The lowest BCUT2D eigenvalue weighted by Crippen LogP contribution is -2.40. The number of hydrogen-bond donors (Lipinski definition) is 1. The number of halogens is 4. The van der Waals surface area contributed by atoms with Gasteiger partial charge in [-0.2, -0.15) is 8.78 Å². The lowest BCUT2D eigenvalue weighted by Gasteiger charge is -2.25. The van der Waals surface area contributed by atoms with E-state index in [2.05, 4.69) is 5.32 Å². The third-order valence-electron chi connectivity index (χ3n) is 6.16. The summed E-state index contributed by atoms with van der Waals surface area (Å²) < 4.78 is 63.4. The van der Waals surface area contributed by atoms with Gasteiger partial charge in [0, 0.05) is 23.2 Å². The summed E-state index contributed by atoms with van der Waals surface area (Å²) in [4.78, 5) is 27.6. The van der Waals surface area contributed by atoms with Crippen LogP contribution in [0.2, 0.25) is 0 Å². The van der Waals surface area contributed by atoms with E-state index in [0.29, 0.717) is 18.4 Å². The van der Waals surface area contributed by atoms with Gasteiger partial charge in [0.15, 0.2) is 23.2 Å². The number of benzene rings is 3. The maximum absolute atomic E-state index is 14.8. The first-order valence-electron chi connectivity index (χ1n) is 11.9. The number of carbonyl (C=O) groups excluding carboxylic acids is 2. The fourth-order valence-corrected chi connectivity index (χ4v) is 4.40. The van der Waals surface area contributed by atoms with Crippen molar-refractivity contribution >= 4 is 17.4 Å². The topological polar surface area (TPSA) is 58.6 Å². The van der Waals surface area contributed by atoms with E-state index in [4.69, 9.17) is 4.74 Å². The molecule has 1 amide bonds. The molecule has 0 radical (unpaired) electrons. The third-order valence-corrected chi connectivity index (χ3v) is 6.16. The van der Waals surface area contributed by atoms with Crippen molar-refractivity contribution in [3.05, 3.63) is 94.6 Å². The molecule has 37 heavy (non-hydrogen) atoms. The Bertz CT molecular complexity index is 1290. The minimum absolute atomic E-state index is 0.279. The van der Waals surface area contributed by atoms with E-state index in [0.717, 1.165) is 0 Å². The molecular weight excluding hydrogens is 488 g/mol. The molecule has 1 atom stereocenters. The second kappa shape index (κ2) is 11.1. The number of nitrogens with zero attached hydrogens (tertiary/aromatic N) is 1. The van der Waals surface area contributed by atoms with Crippen LogP contribution in [-0.2, 0) is 11.3 Å². The normalized spacial score (nSPS) is 15.7. The van der Waals surface area contributed by atoms with Gasteiger partial charge in [0.25, 0.3) is 0 Å². The molecule has 1 fully saturated rings. The molecule has 3 aromatic carbocycles. The molecule has 1 saturated heterocycles. The average Bonchev–Trinajstić information content (AvgIpc) is 3.37. The lowest BCUT2D eigenvalue weighted by atomic mass is 10.0. The molecule has 0 aromatic heterocycles. The Morgan fingerprint density at radius 3 is 2.22 bits per heavy atom. The van der Waals surface area contributed by atoms with Gasteiger partial charge in [0.1, 0.15) is 0 Å². The fourth-order valence-electron chi connectivity index (χ4n) is 4.40. The Morgan fingerprint density at radius 1 is 0.946 bits per heavy atom. The first kappa shape index (κ1) is 26.3. The summed E-state index contributed by atoms with van der Waals surface area (Å²) in [5.41, 5.74) is 0.212. The maximum Gasteiger partial charge on any atom is 0.241 e. The Hall–Kier alpha value is -3.72. The number of amides is 1. The lowest BCUT2D eigenvalue weighted by molar-refractivity contribution is -0.120. The smallest absolute Gasteiger partial charge is 0.241 e. The highest BCUT2D eigenvalue weighted by Crippen LogP contribution is 2.33. The summed E-state index contributed by atoms with van der Waals surface area (Å²) in [6.45, 7) is 2.72. The molecule has 4 rings (SSSR count). The predicted octanol–water partition coefficient (Wildman–Crippen LogP) is 5.86. The van der Waals surface area contributed by atoms with Crippen LogP contribution in [-0.4, -0.2) is 35.3 Å². The summed E-state index contributed by atoms with van der Waals surface area (Å²) in [5.74, 6) is -8.22. The van der Waals surface area contributed by atoms with E-state index in [9.17, 15) is 27.2 Å². The third kappa shape index (κ3) is 5.51. The molecule has 1 aliphatic heterocycles. The van der Waals surface area contributed by atoms with Crippen LogP contribution >= 0.6 is 0 Å². The molecule has 0 spiro atoms. The zero-order valence-electron chi connectivity index (χ0n) is 20.4. The monoisotopic (exact) mass is 514 g/mol. The Balaban J connectivity index is 1.55. The summed E-state index contributed by atoms with van der Waals surface area (Å²) in [6.07, 6.45) is 0.200. The summed E-state index contributed by atoms with van der Waals surface area (Å²) in [6, 6.07) is 14.3. The van der Waals surface area contributed by atoms with E-state index in [1.165, 1.54) is 18.7 Å². The number of ether oxygens (including phenoxy) is 1. The van der Waals surface area contributed by atoms with Crippen molar-refractivity contribution in [2.24, 2.45) is 0 Å². The van der Waals surface area contributed by atoms with Crippen molar-refractivity contribution in [1.29, 1.82) is 0 Å². The number of rotatable bonds is 8. The number of hydrogen-bond acceptors (Lipinski definition) is 4. The first-order valence-corrected chi connectivity index (χ1v) is 11.9. The van der Waals surface area contributed by atoms with Gasteiger partial charge in [-0.15, -0.1) is 0 Å². The highest BCUT2D eigenvalue weighted by molar-refractivity contribution is 6.14. The van der Waals surface area contributed by atoms with Crippen LogP contribution in [0.4, 0.5) is 23.2 Å². The van der Waals surface area contributed by atoms with Crippen LogP contribution in [0.1, 0.15) is 48.2 Å². The largest absolute Gasteiger partial charge is 0.485 e. The molecule has 0 saturated carbocycles. The minimum atomic E-state index is -1.61. The van der Waals surface area contributed by atoms with E-state index in [-0.39, 0.29) is 23.6 Å². The highest BCUT2D eigenvalue weighted by atomic mass is 19.2. The van der Waals surface area contributed by atoms with Crippen LogP contribution in [0.15, 0.2) is 54.6 Å². The highest BCUT2D eigenvalue weighted by Gasteiger charge is 2.35. The Kier molecular flexibility index (Phi) is 7.92. The van der Waals surface area contributed by atoms with Gasteiger partial charge in [-0.1, -0.05) is 42.5 Å². The molecule has 3 aromatic rings. The second-order valence-electron chi connectivity index (χ2n) is 9.09. The quantitative estimate of drug-likeness (QED) is 0.232. The summed E-state index contributed by atoms with van der Waals surface area (Å²) in [7, 11) is 0. The number of anilines is 1. The van der Waals surface area contributed by atoms with Crippen molar-refractivity contribution in [2.75, 3.05) is 11.9 Å². The number of carbonyl (C=O) groups is 2. The fraction of sp³-hybridized carbons (Fsp3) is 0.286. The van der Waals surface area contributed by atoms with E-state index in [1.807, 2.05) is 0 Å². The molecule has 5 nitrogen and oxygen atoms in total. The average molecular weight is 515 g/mol. The van der Waals surface area contributed by atoms with E-state index >= 15 is 0 Å². The first-order chi connectivity index (χ1) is 17.7. The number of ketones is 1. The van der Waals surface area contributed by atoms with E-state index in [1.54, 1.807) is 54.6 Å². The molecule has 0 bridgehead atoms. The minimum Gasteiger partial charge on any atom is -0.485 e.